The van der Waals surface area contributed by atoms with Crippen LogP contribution < -0.4 is 11.1 Å². The van der Waals surface area contributed by atoms with Crippen LogP contribution in [0, 0.1) is 19.8 Å². The van der Waals surface area contributed by atoms with Crippen molar-refractivity contribution in [2.75, 3.05) is 7.05 Å². The standard InChI is InChI=1S/C16H28N4O/c1-5-14-11(2)19-20(12(14)3)10-8-13-7-6-9-16(13,18-4)15(17)21/h13,18H,5-10H2,1-4H3,(H2,17,21). The van der Waals surface area contributed by atoms with E-state index >= 15 is 0 Å². The Kier molecular flexibility index (Phi) is 4.71. The fraction of sp³-hybridized carbons (Fsp3) is 0.750. The highest BCUT2D eigenvalue weighted by atomic mass is 16.1. The number of primary amides is 1. The van der Waals surface area contributed by atoms with Gasteiger partial charge in [-0.15, -0.1) is 0 Å². The highest BCUT2D eigenvalue weighted by Gasteiger charge is 2.46. The van der Waals surface area contributed by atoms with Crippen molar-refractivity contribution in [1.29, 1.82) is 0 Å². The van der Waals surface area contributed by atoms with E-state index in [4.69, 9.17) is 5.73 Å². The molecule has 0 saturated heterocycles. The van der Waals surface area contributed by atoms with E-state index in [1.165, 1.54) is 11.3 Å². The van der Waals surface area contributed by atoms with Crippen molar-refractivity contribution in [3.8, 4) is 0 Å². The molecule has 1 amide bonds. The van der Waals surface area contributed by atoms with Crippen molar-refractivity contribution in [3.63, 3.8) is 0 Å². The number of aryl methyl sites for hydroxylation is 2. The molecular formula is C16H28N4O. The van der Waals surface area contributed by atoms with Crippen molar-refractivity contribution in [2.45, 2.75) is 65.0 Å². The third kappa shape index (κ3) is 2.71. The molecule has 1 fully saturated rings. The number of carbonyl (C=O) groups is 1. The van der Waals surface area contributed by atoms with Crippen LogP contribution in [0.4, 0.5) is 0 Å². The minimum Gasteiger partial charge on any atom is -0.368 e. The average Bonchev–Trinajstić information content (AvgIpc) is 2.98. The van der Waals surface area contributed by atoms with Crippen molar-refractivity contribution >= 4 is 5.91 Å². The van der Waals surface area contributed by atoms with E-state index in [0.717, 1.165) is 44.3 Å². The van der Waals surface area contributed by atoms with Crippen LogP contribution in [0.3, 0.4) is 0 Å². The summed E-state index contributed by atoms with van der Waals surface area (Å²) in [6.45, 7) is 7.22. The first kappa shape index (κ1) is 16.0. The van der Waals surface area contributed by atoms with Gasteiger partial charge in [0.1, 0.15) is 5.54 Å². The van der Waals surface area contributed by atoms with Crippen LogP contribution in [0.15, 0.2) is 0 Å². The normalized spacial score (nSPS) is 25.4. The maximum Gasteiger partial charge on any atom is 0.238 e. The Bertz CT molecular complexity index is 523. The van der Waals surface area contributed by atoms with Gasteiger partial charge in [-0.05, 0) is 58.1 Å². The summed E-state index contributed by atoms with van der Waals surface area (Å²) in [6, 6.07) is 0. The van der Waals surface area contributed by atoms with Crippen LogP contribution in [0.5, 0.6) is 0 Å². The van der Waals surface area contributed by atoms with Crippen LogP contribution in [-0.4, -0.2) is 28.3 Å². The molecule has 2 unspecified atom stereocenters. The first-order valence-electron chi connectivity index (χ1n) is 7.98. The highest BCUT2D eigenvalue weighted by Crippen LogP contribution is 2.38. The van der Waals surface area contributed by atoms with Gasteiger partial charge in [-0.2, -0.15) is 5.10 Å². The molecule has 5 heteroatoms. The predicted molar refractivity (Wildman–Crippen MR) is 84.0 cm³/mol. The van der Waals surface area contributed by atoms with E-state index < -0.39 is 5.54 Å². The molecule has 1 aromatic heterocycles. The van der Waals surface area contributed by atoms with E-state index in [2.05, 4.69) is 35.9 Å². The van der Waals surface area contributed by atoms with E-state index in [9.17, 15) is 4.79 Å². The lowest BCUT2D eigenvalue weighted by Crippen LogP contribution is -2.56. The molecule has 5 nitrogen and oxygen atoms in total. The summed E-state index contributed by atoms with van der Waals surface area (Å²) in [7, 11) is 1.85. The summed E-state index contributed by atoms with van der Waals surface area (Å²) in [5.41, 5.74) is 8.85. The summed E-state index contributed by atoms with van der Waals surface area (Å²) in [5.74, 6) is 0.0871. The summed E-state index contributed by atoms with van der Waals surface area (Å²) < 4.78 is 2.09. The summed E-state index contributed by atoms with van der Waals surface area (Å²) >= 11 is 0. The molecule has 1 saturated carbocycles. The zero-order chi connectivity index (χ0) is 15.6. The second kappa shape index (κ2) is 6.18. The van der Waals surface area contributed by atoms with Crippen molar-refractivity contribution in [2.24, 2.45) is 11.7 Å². The van der Waals surface area contributed by atoms with Crippen molar-refractivity contribution in [1.82, 2.24) is 15.1 Å². The van der Waals surface area contributed by atoms with Gasteiger partial charge in [0.05, 0.1) is 5.69 Å². The molecule has 0 radical (unpaired) electrons. The number of likely N-dealkylation sites (N-methyl/N-ethyl adjacent to an activating group) is 1. The number of hydrogen-bond acceptors (Lipinski definition) is 3. The Morgan fingerprint density at radius 1 is 1.52 bits per heavy atom. The minimum atomic E-state index is -0.524. The number of hydrogen-bond donors (Lipinski definition) is 2. The Labute approximate surface area is 127 Å². The Hall–Kier alpha value is -1.36. The Morgan fingerprint density at radius 2 is 2.24 bits per heavy atom. The molecule has 1 aliphatic carbocycles. The van der Waals surface area contributed by atoms with Crippen molar-refractivity contribution in [3.05, 3.63) is 17.0 Å². The van der Waals surface area contributed by atoms with E-state index in [-0.39, 0.29) is 5.91 Å². The third-order valence-electron chi connectivity index (χ3n) is 5.28. The topological polar surface area (TPSA) is 72.9 Å². The van der Waals surface area contributed by atoms with Gasteiger partial charge < -0.3 is 11.1 Å². The molecule has 1 aromatic rings. The fourth-order valence-corrected chi connectivity index (χ4v) is 3.99. The number of amides is 1. The quantitative estimate of drug-likeness (QED) is 0.838. The Morgan fingerprint density at radius 3 is 2.76 bits per heavy atom. The molecule has 118 valence electrons. The number of carbonyl (C=O) groups excluding carboxylic acids is 1. The third-order valence-corrected chi connectivity index (χ3v) is 5.28. The maximum absolute atomic E-state index is 11.9. The van der Waals surface area contributed by atoms with Gasteiger partial charge in [0.15, 0.2) is 0 Å². The number of nitrogens with one attached hydrogen (secondary N) is 1. The molecular weight excluding hydrogens is 264 g/mol. The van der Waals surface area contributed by atoms with Crippen LogP contribution in [0.25, 0.3) is 0 Å². The summed E-state index contributed by atoms with van der Waals surface area (Å²) in [5, 5.41) is 7.84. The SMILES string of the molecule is CCc1c(C)nn(CCC2CCCC2(NC)C(N)=O)c1C. The second-order valence-electron chi connectivity index (χ2n) is 6.19. The molecule has 3 N–H and O–H groups in total. The van der Waals surface area contributed by atoms with Gasteiger partial charge in [0, 0.05) is 12.2 Å². The molecule has 0 spiro atoms. The maximum atomic E-state index is 11.9. The van der Waals surface area contributed by atoms with E-state index in [1.807, 2.05) is 7.05 Å². The molecule has 1 heterocycles. The van der Waals surface area contributed by atoms with Gasteiger partial charge >= 0.3 is 0 Å². The molecule has 2 rings (SSSR count). The lowest BCUT2D eigenvalue weighted by atomic mass is 9.84. The molecule has 21 heavy (non-hydrogen) atoms. The highest BCUT2D eigenvalue weighted by molar-refractivity contribution is 5.85. The van der Waals surface area contributed by atoms with Gasteiger partial charge in [0.2, 0.25) is 5.91 Å². The number of aromatic nitrogens is 2. The zero-order valence-corrected chi connectivity index (χ0v) is 13.7. The lowest BCUT2D eigenvalue weighted by molar-refractivity contribution is -0.125. The van der Waals surface area contributed by atoms with Crippen LogP contribution in [-0.2, 0) is 17.8 Å². The van der Waals surface area contributed by atoms with Crippen LogP contribution >= 0.6 is 0 Å². The Balaban J connectivity index is 2.11. The summed E-state index contributed by atoms with van der Waals surface area (Å²) in [6.07, 6.45) is 4.92. The molecule has 0 aromatic carbocycles. The van der Waals surface area contributed by atoms with Gasteiger partial charge in [-0.25, -0.2) is 0 Å². The molecule has 0 aliphatic heterocycles. The van der Waals surface area contributed by atoms with Crippen LogP contribution in [0.2, 0.25) is 0 Å². The van der Waals surface area contributed by atoms with Crippen LogP contribution in [0.1, 0.15) is 49.6 Å². The molecule has 0 bridgehead atoms. The smallest absolute Gasteiger partial charge is 0.238 e. The number of nitrogens with two attached hydrogens (primary N) is 1. The number of nitrogens with zero attached hydrogens (tertiary/aromatic N) is 2. The van der Waals surface area contributed by atoms with Gasteiger partial charge in [-0.3, -0.25) is 9.48 Å². The largest absolute Gasteiger partial charge is 0.368 e. The second-order valence-corrected chi connectivity index (χ2v) is 6.19. The first-order chi connectivity index (χ1) is 9.96. The van der Waals surface area contributed by atoms with Gasteiger partial charge in [-0.1, -0.05) is 13.3 Å². The molecule has 1 aliphatic rings. The molecule has 2 atom stereocenters. The lowest BCUT2D eigenvalue weighted by Gasteiger charge is -2.32. The first-order valence-corrected chi connectivity index (χ1v) is 7.98. The monoisotopic (exact) mass is 292 g/mol. The zero-order valence-electron chi connectivity index (χ0n) is 13.7. The van der Waals surface area contributed by atoms with Gasteiger partial charge in [0.25, 0.3) is 0 Å². The summed E-state index contributed by atoms with van der Waals surface area (Å²) in [4.78, 5) is 11.9. The predicted octanol–water partition coefficient (Wildman–Crippen LogP) is 1.70. The van der Waals surface area contributed by atoms with Crippen molar-refractivity contribution < 1.29 is 4.79 Å². The van der Waals surface area contributed by atoms with E-state index in [1.54, 1.807) is 0 Å². The number of rotatable bonds is 6. The van der Waals surface area contributed by atoms with E-state index in [0.29, 0.717) is 5.92 Å². The fourth-order valence-electron chi connectivity index (χ4n) is 3.99. The average molecular weight is 292 g/mol. The minimum absolute atomic E-state index is 0.213.